The van der Waals surface area contributed by atoms with Crippen molar-refractivity contribution in [2.24, 2.45) is 0 Å². The van der Waals surface area contributed by atoms with Gasteiger partial charge in [-0.1, -0.05) is 109 Å². The summed E-state index contributed by atoms with van der Waals surface area (Å²) in [5.74, 6) is 0. The fourth-order valence-electron chi connectivity index (χ4n) is 5.34. The first-order valence-corrected chi connectivity index (χ1v) is 13.9. The second-order valence-electron chi connectivity index (χ2n) is 10.5. The molecule has 6 rings (SSSR count). The Hall–Kier alpha value is -4.88. The summed E-state index contributed by atoms with van der Waals surface area (Å²) in [6.45, 7) is 6.50. The van der Waals surface area contributed by atoms with Crippen molar-refractivity contribution in [3.05, 3.63) is 162 Å². The number of anilines is 3. The molecule has 0 amide bonds. The summed E-state index contributed by atoms with van der Waals surface area (Å²) in [4.78, 5) is 2.32. The quantitative estimate of drug-likeness (QED) is 0.213. The molecule has 6 aromatic rings. The zero-order valence-corrected chi connectivity index (χ0v) is 23.3. The van der Waals surface area contributed by atoms with Crippen LogP contribution in [0.5, 0.6) is 0 Å². The van der Waals surface area contributed by atoms with Crippen molar-refractivity contribution in [3.8, 4) is 33.4 Å². The van der Waals surface area contributed by atoms with Crippen LogP contribution < -0.4 is 4.90 Å². The summed E-state index contributed by atoms with van der Waals surface area (Å²) in [6, 6.07) is 52.5. The molecule has 0 saturated heterocycles. The van der Waals surface area contributed by atoms with Crippen LogP contribution in [0.3, 0.4) is 0 Å². The SMILES string of the molecule is Cc1ccc(-c2ccc(N(c3ccccc3)c3ccc(-c4ccc(C)c(-c5ccccc5C)c4)cc3)cc2)cc1. The summed E-state index contributed by atoms with van der Waals surface area (Å²) in [5, 5.41) is 0. The van der Waals surface area contributed by atoms with Crippen molar-refractivity contribution in [3.63, 3.8) is 0 Å². The summed E-state index contributed by atoms with van der Waals surface area (Å²) in [7, 11) is 0. The zero-order valence-electron chi connectivity index (χ0n) is 23.3. The maximum Gasteiger partial charge on any atom is 0.0462 e. The van der Waals surface area contributed by atoms with Gasteiger partial charge in [0.15, 0.2) is 0 Å². The van der Waals surface area contributed by atoms with E-state index >= 15 is 0 Å². The zero-order chi connectivity index (χ0) is 27.5. The number of para-hydroxylation sites is 1. The second-order valence-corrected chi connectivity index (χ2v) is 10.5. The summed E-state index contributed by atoms with van der Waals surface area (Å²) in [6.07, 6.45) is 0. The molecular formula is C39H33N. The highest BCUT2D eigenvalue weighted by Crippen LogP contribution is 2.37. The fourth-order valence-corrected chi connectivity index (χ4v) is 5.34. The fraction of sp³-hybridized carbons (Fsp3) is 0.0769. The predicted molar refractivity (Wildman–Crippen MR) is 172 cm³/mol. The van der Waals surface area contributed by atoms with Crippen LogP contribution in [0.1, 0.15) is 16.7 Å². The van der Waals surface area contributed by atoms with Crippen molar-refractivity contribution >= 4 is 17.1 Å². The van der Waals surface area contributed by atoms with Crippen molar-refractivity contribution in [1.29, 1.82) is 0 Å². The van der Waals surface area contributed by atoms with E-state index in [1.165, 1.54) is 50.1 Å². The van der Waals surface area contributed by atoms with Crippen molar-refractivity contribution in [2.45, 2.75) is 20.8 Å². The Kier molecular flexibility index (Phi) is 7.04. The summed E-state index contributed by atoms with van der Waals surface area (Å²) in [5.41, 5.74) is 14.7. The van der Waals surface area contributed by atoms with Crippen LogP contribution in [0.25, 0.3) is 33.4 Å². The number of rotatable bonds is 6. The van der Waals surface area contributed by atoms with E-state index in [0.717, 1.165) is 17.1 Å². The smallest absolute Gasteiger partial charge is 0.0462 e. The van der Waals surface area contributed by atoms with Gasteiger partial charge in [0.2, 0.25) is 0 Å². The number of hydrogen-bond acceptors (Lipinski definition) is 1. The van der Waals surface area contributed by atoms with E-state index in [1.54, 1.807) is 0 Å². The van der Waals surface area contributed by atoms with Gasteiger partial charge in [-0.05, 0) is 108 Å². The Morgan fingerprint density at radius 3 is 1.40 bits per heavy atom. The average Bonchev–Trinajstić information content (AvgIpc) is 3.00. The van der Waals surface area contributed by atoms with Gasteiger partial charge in [-0.15, -0.1) is 0 Å². The normalized spacial score (nSPS) is 10.9. The monoisotopic (exact) mass is 515 g/mol. The van der Waals surface area contributed by atoms with Crippen LogP contribution >= 0.6 is 0 Å². The van der Waals surface area contributed by atoms with Crippen molar-refractivity contribution < 1.29 is 0 Å². The van der Waals surface area contributed by atoms with Gasteiger partial charge in [-0.3, -0.25) is 0 Å². The van der Waals surface area contributed by atoms with Crippen molar-refractivity contribution in [2.75, 3.05) is 4.90 Å². The van der Waals surface area contributed by atoms with E-state index in [0.29, 0.717) is 0 Å². The molecule has 0 spiro atoms. The predicted octanol–water partition coefficient (Wildman–Crippen LogP) is 11.1. The molecule has 0 fully saturated rings. The maximum atomic E-state index is 2.32. The second kappa shape index (κ2) is 11.1. The highest BCUT2D eigenvalue weighted by molar-refractivity contribution is 5.81. The van der Waals surface area contributed by atoms with E-state index in [2.05, 4.69) is 171 Å². The minimum absolute atomic E-state index is 1.13. The lowest BCUT2D eigenvalue weighted by Gasteiger charge is -2.26. The van der Waals surface area contributed by atoms with Crippen molar-refractivity contribution in [1.82, 2.24) is 0 Å². The van der Waals surface area contributed by atoms with Gasteiger partial charge in [0, 0.05) is 17.1 Å². The van der Waals surface area contributed by atoms with E-state index < -0.39 is 0 Å². The van der Waals surface area contributed by atoms with E-state index in [9.17, 15) is 0 Å². The molecular weight excluding hydrogens is 482 g/mol. The third kappa shape index (κ3) is 5.19. The molecule has 0 radical (unpaired) electrons. The van der Waals surface area contributed by atoms with Gasteiger partial charge < -0.3 is 4.90 Å². The number of nitrogens with zero attached hydrogens (tertiary/aromatic N) is 1. The lowest BCUT2D eigenvalue weighted by molar-refractivity contribution is 1.28. The minimum Gasteiger partial charge on any atom is -0.311 e. The molecule has 0 aliphatic carbocycles. The number of aryl methyl sites for hydroxylation is 3. The average molecular weight is 516 g/mol. The van der Waals surface area contributed by atoms with Gasteiger partial charge in [-0.2, -0.15) is 0 Å². The molecule has 0 bridgehead atoms. The van der Waals surface area contributed by atoms with E-state index in [-0.39, 0.29) is 0 Å². The molecule has 40 heavy (non-hydrogen) atoms. The van der Waals surface area contributed by atoms with Crippen LogP contribution in [-0.4, -0.2) is 0 Å². The third-order valence-electron chi connectivity index (χ3n) is 7.66. The Bertz CT molecular complexity index is 1730. The molecule has 0 unspecified atom stereocenters. The first kappa shape index (κ1) is 25.4. The van der Waals surface area contributed by atoms with Gasteiger partial charge in [0.1, 0.15) is 0 Å². The first-order valence-electron chi connectivity index (χ1n) is 13.9. The van der Waals surface area contributed by atoms with Crippen LogP contribution in [0.15, 0.2) is 146 Å². The maximum absolute atomic E-state index is 2.32. The topological polar surface area (TPSA) is 3.24 Å². The van der Waals surface area contributed by atoms with Crippen LogP contribution in [0.4, 0.5) is 17.1 Å². The van der Waals surface area contributed by atoms with Crippen LogP contribution in [0, 0.1) is 20.8 Å². The van der Waals surface area contributed by atoms with Gasteiger partial charge in [0.25, 0.3) is 0 Å². The van der Waals surface area contributed by atoms with Crippen LogP contribution in [-0.2, 0) is 0 Å². The standard InChI is InChI=1S/C39H33N/c1-28-13-16-31(17-14-28)32-19-23-36(24-20-32)40(35-10-5-4-6-11-35)37-25-21-33(22-26-37)34-18-15-30(3)39(27-34)38-12-8-7-9-29(38)2/h4-27H,1-3H3. The summed E-state index contributed by atoms with van der Waals surface area (Å²) >= 11 is 0. The van der Waals surface area contributed by atoms with Gasteiger partial charge >= 0.3 is 0 Å². The Morgan fingerprint density at radius 2 is 0.800 bits per heavy atom. The molecule has 0 aromatic heterocycles. The highest BCUT2D eigenvalue weighted by atomic mass is 15.1. The molecule has 0 saturated carbocycles. The lowest BCUT2D eigenvalue weighted by atomic mass is 9.93. The van der Waals surface area contributed by atoms with Gasteiger partial charge in [-0.25, -0.2) is 0 Å². The molecule has 0 N–H and O–H groups in total. The number of benzene rings is 6. The lowest BCUT2D eigenvalue weighted by Crippen LogP contribution is -2.09. The number of hydrogen-bond donors (Lipinski definition) is 0. The molecule has 1 heteroatoms. The third-order valence-corrected chi connectivity index (χ3v) is 7.66. The largest absolute Gasteiger partial charge is 0.311 e. The molecule has 6 aromatic carbocycles. The van der Waals surface area contributed by atoms with Crippen LogP contribution in [0.2, 0.25) is 0 Å². The minimum atomic E-state index is 1.13. The Morgan fingerprint density at radius 1 is 0.350 bits per heavy atom. The van der Waals surface area contributed by atoms with Gasteiger partial charge in [0.05, 0.1) is 0 Å². The Labute approximate surface area is 238 Å². The first-order chi connectivity index (χ1) is 19.6. The summed E-state index contributed by atoms with van der Waals surface area (Å²) < 4.78 is 0. The van der Waals surface area contributed by atoms with E-state index in [1.807, 2.05) is 0 Å². The molecule has 194 valence electrons. The molecule has 0 atom stereocenters. The highest BCUT2D eigenvalue weighted by Gasteiger charge is 2.13. The van der Waals surface area contributed by atoms with E-state index in [4.69, 9.17) is 0 Å². The molecule has 0 aliphatic rings. The molecule has 0 heterocycles. The molecule has 1 nitrogen and oxygen atoms in total. The molecule has 0 aliphatic heterocycles. The Balaban J connectivity index is 1.35.